The number of anilines is 1. The van der Waals surface area contributed by atoms with E-state index in [1.165, 1.54) is 36.4 Å². The van der Waals surface area contributed by atoms with Crippen molar-refractivity contribution in [2.45, 2.75) is 6.61 Å². The van der Waals surface area contributed by atoms with E-state index in [0.717, 1.165) is 4.90 Å². The van der Waals surface area contributed by atoms with Crippen LogP contribution >= 0.6 is 39.7 Å². The molecule has 10 heteroatoms. The predicted octanol–water partition coefficient (Wildman–Crippen LogP) is 5.79. The number of thiocarbonyl (C=S) groups is 1. The maximum atomic E-state index is 14.3. The Bertz CT molecular complexity index is 1340. The molecule has 34 heavy (non-hydrogen) atoms. The highest BCUT2D eigenvalue weighted by atomic mass is 79.9. The lowest BCUT2D eigenvalue weighted by Gasteiger charge is -2.29. The van der Waals surface area contributed by atoms with Gasteiger partial charge >= 0.3 is 0 Å². The van der Waals surface area contributed by atoms with Crippen molar-refractivity contribution in [1.82, 2.24) is 5.32 Å². The van der Waals surface area contributed by atoms with E-state index in [1.807, 2.05) is 0 Å². The minimum atomic E-state index is -0.786. The summed E-state index contributed by atoms with van der Waals surface area (Å²) >= 11 is 14.8. The highest BCUT2D eigenvalue weighted by Gasteiger charge is 2.35. The summed E-state index contributed by atoms with van der Waals surface area (Å²) in [6.45, 7) is -0.0542. The topological polar surface area (TPSA) is 58.6 Å². The summed E-state index contributed by atoms with van der Waals surface area (Å²) in [5, 5.41) is 2.34. The van der Waals surface area contributed by atoms with Crippen LogP contribution in [0.5, 0.6) is 5.75 Å². The van der Waals surface area contributed by atoms with Crippen molar-refractivity contribution >= 4 is 68.4 Å². The standard InChI is InChI=1S/C24H14BrClF2N2O3S/c25-16-10-13(11-17(26)21(16)33-12-14-5-1-2-6-18(14)27)9-15-22(31)29-24(34)30(23(15)32)20-8-4-3-7-19(20)28/h1-11H,12H2,(H,29,31,34)/b15-9+. The number of ether oxygens (including phenoxy) is 1. The number of halogens is 4. The maximum absolute atomic E-state index is 14.3. The van der Waals surface area contributed by atoms with Crippen LogP contribution < -0.4 is 15.0 Å². The molecular formula is C24H14BrClF2N2O3S. The summed E-state index contributed by atoms with van der Waals surface area (Å²) in [4.78, 5) is 26.5. The Kier molecular flexibility index (Phi) is 7.06. The van der Waals surface area contributed by atoms with Gasteiger partial charge in [-0.1, -0.05) is 41.9 Å². The number of carbonyl (C=O) groups is 2. The number of nitrogens with one attached hydrogen (secondary N) is 1. The second-order valence-electron chi connectivity index (χ2n) is 7.10. The lowest BCUT2D eigenvalue weighted by atomic mass is 10.1. The van der Waals surface area contributed by atoms with E-state index in [1.54, 1.807) is 30.3 Å². The fraction of sp³-hybridized carbons (Fsp3) is 0.0417. The SMILES string of the molecule is O=C1NC(=S)N(c2ccccc2F)C(=O)/C1=C/c1cc(Cl)c(OCc2ccccc2F)c(Br)c1. The molecule has 5 nitrogen and oxygen atoms in total. The third-order valence-electron chi connectivity index (χ3n) is 4.86. The van der Waals surface area contributed by atoms with E-state index in [0.29, 0.717) is 15.6 Å². The number of amides is 2. The molecule has 0 unspecified atom stereocenters. The normalized spacial score (nSPS) is 15.0. The Morgan fingerprint density at radius 2 is 1.74 bits per heavy atom. The summed E-state index contributed by atoms with van der Waals surface area (Å²) in [6.07, 6.45) is 1.31. The number of hydrogen-bond donors (Lipinski definition) is 1. The van der Waals surface area contributed by atoms with Gasteiger partial charge in [0.1, 0.15) is 23.8 Å². The van der Waals surface area contributed by atoms with Crippen LogP contribution in [0.1, 0.15) is 11.1 Å². The van der Waals surface area contributed by atoms with Gasteiger partial charge in [0.25, 0.3) is 11.8 Å². The van der Waals surface area contributed by atoms with Crippen LogP contribution in [-0.2, 0) is 16.2 Å². The minimum Gasteiger partial charge on any atom is -0.486 e. The van der Waals surface area contributed by atoms with Crippen LogP contribution in [0.4, 0.5) is 14.5 Å². The average molecular weight is 564 g/mol. The molecule has 4 rings (SSSR count). The molecule has 0 spiro atoms. The van der Waals surface area contributed by atoms with Crippen LogP contribution in [0.25, 0.3) is 6.08 Å². The smallest absolute Gasteiger partial charge is 0.270 e. The van der Waals surface area contributed by atoms with Crippen molar-refractivity contribution in [3.05, 3.63) is 98.5 Å². The highest BCUT2D eigenvalue weighted by molar-refractivity contribution is 9.10. The predicted molar refractivity (Wildman–Crippen MR) is 132 cm³/mol. The monoisotopic (exact) mass is 562 g/mol. The zero-order chi connectivity index (χ0) is 24.4. The summed E-state index contributed by atoms with van der Waals surface area (Å²) in [5.41, 5.74) is 0.402. The van der Waals surface area contributed by atoms with Gasteiger partial charge in [0.05, 0.1) is 15.2 Å². The Morgan fingerprint density at radius 1 is 1.06 bits per heavy atom. The van der Waals surface area contributed by atoms with Gasteiger partial charge in [-0.05, 0) is 70.1 Å². The zero-order valence-corrected chi connectivity index (χ0v) is 20.3. The van der Waals surface area contributed by atoms with Crippen LogP contribution in [0.3, 0.4) is 0 Å². The Balaban J connectivity index is 1.63. The number of para-hydroxylation sites is 1. The van der Waals surface area contributed by atoms with Gasteiger partial charge < -0.3 is 4.74 Å². The zero-order valence-electron chi connectivity index (χ0n) is 17.2. The number of nitrogens with zero attached hydrogens (tertiary/aromatic N) is 1. The average Bonchev–Trinajstić information content (AvgIpc) is 2.78. The molecule has 1 N–H and O–H groups in total. The van der Waals surface area contributed by atoms with Gasteiger partial charge in [0.2, 0.25) is 0 Å². The molecule has 0 bridgehead atoms. The van der Waals surface area contributed by atoms with Gasteiger partial charge in [-0.25, -0.2) is 13.7 Å². The van der Waals surface area contributed by atoms with E-state index >= 15 is 0 Å². The fourth-order valence-electron chi connectivity index (χ4n) is 3.24. The largest absolute Gasteiger partial charge is 0.486 e. The lowest BCUT2D eigenvalue weighted by molar-refractivity contribution is -0.122. The maximum Gasteiger partial charge on any atom is 0.270 e. The molecule has 0 aliphatic carbocycles. The van der Waals surface area contributed by atoms with E-state index in [9.17, 15) is 18.4 Å². The van der Waals surface area contributed by atoms with E-state index in [-0.39, 0.29) is 33.8 Å². The van der Waals surface area contributed by atoms with Gasteiger partial charge in [0, 0.05) is 5.56 Å². The number of benzene rings is 3. The Morgan fingerprint density at radius 3 is 2.41 bits per heavy atom. The summed E-state index contributed by atoms with van der Waals surface area (Å²) < 4.78 is 34.3. The molecular weight excluding hydrogens is 550 g/mol. The molecule has 1 saturated heterocycles. The summed E-state index contributed by atoms with van der Waals surface area (Å²) in [6, 6.07) is 14.8. The van der Waals surface area contributed by atoms with Crippen molar-refractivity contribution in [2.75, 3.05) is 4.90 Å². The molecule has 1 heterocycles. The van der Waals surface area contributed by atoms with Crippen molar-refractivity contribution in [1.29, 1.82) is 0 Å². The lowest BCUT2D eigenvalue weighted by Crippen LogP contribution is -2.54. The van der Waals surface area contributed by atoms with Gasteiger partial charge in [-0.3, -0.25) is 14.9 Å². The molecule has 1 aliphatic heterocycles. The molecule has 2 amide bonds. The number of carbonyl (C=O) groups excluding carboxylic acids is 2. The molecule has 3 aromatic carbocycles. The van der Waals surface area contributed by atoms with Crippen LogP contribution in [0.15, 0.2) is 70.7 Å². The Labute approximate surface area is 212 Å². The molecule has 1 fully saturated rings. The van der Waals surface area contributed by atoms with E-state index < -0.39 is 23.4 Å². The minimum absolute atomic E-state index is 0.0542. The number of rotatable bonds is 5. The van der Waals surface area contributed by atoms with Gasteiger partial charge in [-0.2, -0.15) is 0 Å². The Hall–Kier alpha value is -3.14. The van der Waals surface area contributed by atoms with Crippen molar-refractivity contribution in [2.24, 2.45) is 0 Å². The molecule has 0 atom stereocenters. The van der Waals surface area contributed by atoms with Crippen molar-refractivity contribution in [3.63, 3.8) is 0 Å². The molecule has 0 radical (unpaired) electrons. The molecule has 0 saturated carbocycles. The van der Waals surface area contributed by atoms with Gasteiger partial charge in [-0.15, -0.1) is 0 Å². The molecule has 172 valence electrons. The highest BCUT2D eigenvalue weighted by Crippen LogP contribution is 2.36. The second-order valence-corrected chi connectivity index (χ2v) is 8.75. The number of hydrogen-bond acceptors (Lipinski definition) is 4. The first-order chi connectivity index (χ1) is 16.3. The first kappa shape index (κ1) is 24.0. The third-order valence-corrected chi connectivity index (χ3v) is 6.01. The van der Waals surface area contributed by atoms with Crippen LogP contribution in [0, 0.1) is 11.6 Å². The first-order valence-electron chi connectivity index (χ1n) is 9.77. The molecule has 0 aromatic heterocycles. The first-order valence-corrected chi connectivity index (χ1v) is 11.4. The van der Waals surface area contributed by atoms with Gasteiger partial charge in [0.15, 0.2) is 10.9 Å². The third kappa shape index (κ3) is 4.86. The van der Waals surface area contributed by atoms with Crippen molar-refractivity contribution in [3.8, 4) is 5.75 Å². The van der Waals surface area contributed by atoms with Crippen molar-refractivity contribution < 1.29 is 23.1 Å². The molecule has 3 aromatic rings. The van der Waals surface area contributed by atoms with E-state index in [4.69, 9.17) is 28.6 Å². The summed E-state index contributed by atoms with van der Waals surface area (Å²) in [5.74, 6) is -2.33. The molecule has 1 aliphatic rings. The quantitative estimate of drug-likeness (QED) is 0.243. The van der Waals surface area contributed by atoms with Crippen LogP contribution in [0.2, 0.25) is 5.02 Å². The van der Waals surface area contributed by atoms with Crippen LogP contribution in [-0.4, -0.2) is 16.9 Å². The second kappa shape index (κ2) is 10.0. The van der Waals surface area contributed by atoms with E-state index in [2.05, 4.69) is 21.2 Å². The fourth-order valence-corrected chi connectivity index (χ4v) is 4.50. The summed E-state index contributed by atoms with van der Waals surface area (Å²) in [7, 11) is 0.